The number of nitrogens with two attached hydrogens (primary N) is 1. The maximum absolute atomic E-state index is 12.8. The smallest absolute Gasteiger partial charge is 0.390 e. The minimum atomic E-state index is -4.83. The minimum absolute atomic E-state index is 0.0624. The largest absolute Gasteiger partial charge is 0.433 e. The van der Waals surface area contributed by atoms with Gasteiger partial charge in [0.15, 0.2) is 10.8 Å². The Labute approximate surface area is 122 Å². The zero-order valence-electron chi connectivity index (χ0n) is 11.0. The number of carbonyl (C=O) groups is 1. The van der Waals surface area contributed by atoms with Crippen LogP contribution in [0.1, 0.15) is 30.7 Å². The van der Waals surface area contributed by atoms with Gasteiger partial charge >= 0.3 is 6.18 Å². The topological polar surface area (TPSA) is 109 Å². The van der Waals surface area contributed by atoms with Crippen molar-refractivity contribution >= 4 is 22.8 Å². The highest BCUT2D eigenvalue weighted by Crippen LogP contribution is 2.34. The summed E-state index contributed by atoms with van der Waals surface area (Å²) in [5, 5.41) is 19.3. The van der Waals surface area contributed by atoms with Crippen molar-refractivity contribution < 1.29 is 28.2 Å². The predicted octanol–water partition coefficient (Wildman–Crippen LogP) is 1.14. The van der Waals surface area contributed by atoms with Crippen LogP contribution in [-0.2, 0) is 11.0 Å². The molecule has 4 N–H and O–H groups in total. The lowest BCUT2D eigenvalue weighted by Crippen LogP contribution is -2.24. The summed E-state index contributed by atoms with van der Waals surface area (Å²) in [6.07, 6.45) is -7.47. The van der Waals surface area contributed by atoms with E-state index in [0.717, 1.165) is 18.0 Å². The van der Waals surface area contributed by atoms with Gasteiger partial charge < -0.3 is 15.9 Å². The lowest BCUT2D eigenvalue weighted by Gasteiger charge is -2.20. The molecule has 0 aliphatic heterocycles. The van der Waals surface area contributed by atoms with Crippen LogP contribution in [0.5, 0.6) is 0 Å². The molecule has 0 bridgehead atoms. The number of halogens is 3. The third-order valence-electron chi connectivity index (χ3n) is 2.51. The van der Waals surface area contributed by atoms with E-state index in [1.807, 2.05) is 0 Å². The molecule has 0 aliphatic rings. The van der Waals surface area contributed by atoms with Crippen molar-refractivity contribution in [3.8, 4) is 0 Å². The van der Waals surface area contributed by atoms with Gasteiger partial charge in [0.2, 0.25) is 5.95 Å². The summed E-state index contributed by atoms with van der Waals surface area (Å²) in [7, 11) is 0. The van der Waals surface area contributed by atoms with E-state index in [1.165, 1.54) is 6.92 Å². The summed E-state index contributed by atoms with van der Waals surface area (Å²) in [6, 6.07) is 0. The molecule has 0 aromatic carbocycles. The van der Waals surface area contributed by atoms with Gasteiger partial charge in [0, 0.05) is 24.4 Å². The predicted molar refractivity (Wildman–Crippen MR) is 70.2 cm³/mol. The molecule has 0 spiro atoms. The van der Waals surface area contributed by atoms with E-state index < -0.39 is 35.6 Å². The summed E-state index contributed by atoms with van der Waals surface area (Å²) in [5.41, 5.74) is 3.06. The number of carbonyl (C=O) groups excluding carboxylic acids is 1. The van der Waals surface area contributed by atoms with Crippen molar-refractivity contribution in [3.05, 3.63) is 17.5 Å². The van der Waals surface area contributed by atoms with Gasteiger partial charge in [-0.2, -0.15) is 13.2 Å². The average Bonchev–Trinajstić information content (AvgIpc) is 2.36. The van der Waals surface area contributed by atoms with Gasteiger partial charge in [-0.25, -0.2) is 9.97 Å². The zero-order valence-corrected chi connectivity index (χ0v) is 11.8. The van der Waals surface area contributed by atoms with Crippen molar-refractivity contribution in [2.75, 3.05) is 11.5 Å². The number of aliphatic hydroxyl groups is 2. The summed E-state index contributed by atoms with van der Waals surface area (Å²) in [4.78, 5) is 17.2. The highest BCUT2D eigenvalue weighted by Gasteiger charge is 2.39. The van der Waals surface area contributed by atoms with E-state index >= 15 is 0 Å². The summed E-state index contributed by atoms with van der Waals surface area (Å²) < 4.78 is 38.5. The molecule has 2 atom stereocenters. The zero-order chi connectivity index (χ0) is 16.2. The van der Waals surface area contributed by atoms with Gasteiger partial charge in [-0.3, -0.25) is 4.79 Å². The second-order valence-corrected chi connectivity index (χ2v) is 5.44. The first kappa shape index (κ1) is 17.7. The third-order valence-corrected chi connectivity index (χ3v) is 3.35. The molecule has 6 nitrogen and oxygen atoms in total. The number of aromatic nitrogens is 2. The monoisotopic (exact) mass is 325 g/mol. The standard InChI is InChI=1S/C11H14F3N3O3S/c1-5(18)21-3-2-7(19)8(20)6-4-16-10(15)17-9(6)11(12,13)14/h4,7-8,19-20H,2-3H2,1H3,(H2,15,16,17). The molecule has 2 unspecified atom stereocenters. The normalized spacial score (nSPS) is 14.8. The molecule has 1 rings (SSSR count). The second-order valence-electron chi connectivity index (χ2n) is 4.17. The molecule has 0 saturated heterocycles. The molecule has 0 aliphatic carbocycles. The lowest BCUT2D eigenvalue weighted by molar-refractivity contribution is -0.143. The first-order valence-electron chi connectivity index (χ1n) is 5.82. The van der Waals surface area contributed by atoms with E-state index in [1.54, 1.807) is 0 Å². The molecular formula is C11H14F3N3O3S. The van der Waals surface area contributed by atoms with Gasteiger partial charge in [0.05, 0.1) is 6.10 Å². The summed E-state index contributed by atoms with van der Waals surface area (Å²) in [5.74, 6) is -0.412. The molecule has 1 heterocycles. The van der Waals surface area contributed by atoms with Crippen LogP contribution in [-0.4, -0.2) is 37.2 Å². The highest BCUT2D eigenvalue weighted by molar-refractivity contribution is 8.13. The Kier molecular flexibility index (Phi) is 5.93. The summed E-state index contributed by atoms with van der Waals surface area (Å²) >= 11 is 0.901. The number of rotatable bonds is 5. The Hall–Kier alpha value is -1.39. The van der Waals surface area contributed by atoms with Crippen LogP contribution in [0.3, 0.4) is 0 Å². The molecule has 0 saturated carbocycles. The van der Waals surface area contributed by atoms with Crippen molar-refractivity contribution in [1.29, 1.82) is 0 Å². The number of anilines is 1. The molecule has 0 radical (unpaired) electrons. The van der Waals surface area contributed by atoms with Crippen LogP contribution >= 0.6 is 11.8 Å². The fourth-order valence-corrected chi connectivity index (χ4v) is 2.18. The maximum Gasteiger partial charge on any atom is 0.433 e. The van der Waals surface area contributed by atoms with E-state index in [-0.39, 0.29) is 17.3 Å². The fraction of sp³-hybridized carbons (Fsp3) is 0.545. The SMILES string of the molecule is CC(=O)SCCC(O)C(O)c1cnc(N)nc1C(F)(F)F. The molecule has 10 heteroatoms. The van der Waals surface area contributed by atoms with Gasteiger partial charge in [0.1, 0.15) is 6.10 Å². The maximum atomic E-state index is 12.8. The number of nitrogens with zero attached hydrogens (tertiary/aromatic N) is 2. The number of hydrogen-bond acceptors (Lipinski definition) is 7. The van der Waals surface area contributed by atoms with Gasteiger partial charge in [-0.1, -0.05) is 11.8 Å². The van der Waals surface area contributed by atoms with Crippen molar-refractivity contribution in [2.24, 2.45) is 0 Å². The van der Waals surface area contributed by atoms with Crippen LogP contribution in [0.15, 0.2) is 6.20 Å². The Morgan fingerprint density at radius 3 is 2.62 bits per heavy atom. The van der Waals surface area contributed by atoms with E-state index in [4.69, 9.17) is 5.73 Å². The number of aliphatic hydroxyl groups excluding tert-OH is 2. The second kappa shape index (κ2) is 7.05. The van der Waals surface area contributed by atoms with Crippen molar-refractivity contribution in [1.82, 2.24) is 9.97 Å². The Balaban J connectivity index is 2.91. The van der Waals surface area contributed by atoms with E-state index in [9.17, 15) is 28.2 Å². The summed E-state index contributed by atoms with van der Waals surface area (Å²) in [6.45, 7) is 1.32. The van der Waals surface area contributed by atoms with E-state index in [2.05, 4.69) is 9.97 Å². The number of alkyl halides is 3. The highest BCUT2D eigenvalue weighted by atomic mass is 32.2. The van der Waals surface area contributed by atoms with Gasteiger partial charge in [-0.05, 0) is 6.42 Å². The molecule has 1 aromatic heterocycles. The van der Waals surface area contributed by atoms with Crippen molar-refractivity contribution in [3.63, 3.8) is 0 Å². The first-order valence-corrected chi connectivity index (χ1v) is 6.80. The average molecular weight is 325 g/mol. The van der Waals surface area contributed by atoms with Crippen LogP contribution in [0.25, 0.3) is 0 Å². The molecule has 0 amide bonds. The van der Waals surface area contributed by atoms with E-state index in [0.29, 0.717) is 0 Å². The van der Waals surface area contributed by atoms with Gasteiger partial charge in [-0.15, -0.1) is 0 Å². The Morgan fingerprint density at radius 2 is 2.10 bits per heavy atom. The van der Waals surface area contributed by atoms with Crippen LogP contribution < -0.4 is 5.73 Å². The quantitative estimate of drug-likeness (QED) is 0.745. The van der Waals surface area contributed by atoms with Crippen LogP contribution in [0.2, 0.25) is 0 Å². The molecule has 21 heavy (non-hydrogen) atoms. The van der Waals surface area contributed by atoms with Gasteiger partial charge in [0.25, 0.3) is 0 Å². The number of nitrogen functional groups attached to an aromatic ring is 1. The Morgan fingerprint density at radius 1 is 1.48 bits per heavy atom. The molecular weight excluding hydrogens is 311 g/mol. The van der Waals surface area contributed by atoms with Crippen LogP contribution in [0.4, 0.5) is 19.1 Å². The van der Waals surface area contributed by atoms with Crippen LogP contribution in [0, 0.1) is 0 Å². The number of thioether (sulfide) groups is 1. The molecule has 118 valence electrons. The fourth-order valence-electron chi connectivity index (χ4n) is 1.54. The molecule has 1 aromatic rings. The first-order chi connectivity index (χ1) is 9.62. The lowest BCUT2D eigenvalue weighted by atomic mass is 10.0. The van der Waals surface area contributed by atoms with Crippen molar-refractivity contribution in [2.45, 2.75) is 31.7 Å². The third kappa shape index (κ3) is 5.14. The number of hydrogen-bond donors (Lipinski definition) is 3. The molecule has 0 fully saturated rings. The minimum Gasteiger partial charge on any atom is -0.390 e. The Bertz CT molecular complexity index is 513.